The molecule has 1 amide bonds. The zero-order valence-electron chi connectivity index (χ0n) is 12.8. The molecule has 22 heavy (non-hydrogen) atoms. The molecule has 1 heterocycles. The van der Waals surface area contributed by atoms with E-state index in [1.165, 1.54) is 17.4 Å². The lowest BCUT2D eigenvalue weighted by Crippen LogP contribution is -2.42. The van der Waals surface area contributed by atoms with Gasteiger partial charge in [0, 0.05) is 11.6 Å². The van der Waals surface area contributed by atoms with E-state index in [0.29, 0.717) is 0 Å². The summed E-state index contributed by atoms with van der Waals surface area (Å²) in [6.07, 6.45) is 2.87. The third kappa shape index (κ3) is 4.96. The number of fused-ring (bicyclic) bond motifs is 1. The minimum Gasteiger partial charge on any atom is -0.452 e. The van der Waals surface area contributed by atoms with E-state index in [2.05, 4.69) is 10.3 Å². The molecule has 1 N–H and O–H groups in total. The maximum atomic E-state index is 11.6. The van der Waals surface area contributed by atoms with Crippen LogP contribution in [0.1, 0.15) is 25.8 Å². The SMILES string of the molecule is CC(C)(C)NC(=O)COC(=O)/C=C/c1nc2ccccc2s1. The predicted octanol–water partition coefficient (Wildman–Crippen LogP) is 2.77. The summed E-state index contributed by atoms with van der Waals surface area (Å²) in [7, 11) is 0. The molecular weight excluding hydrogens is 300 g/mol. The smallest absolute Gasteiger partial charge is 0.331 e. The van der Waals surface area contributed by atoms with Crippen molar-refractivity contribution in [1.82, 2.24) is 10.3 Å². The topological polar surface area (TPSA) is 68.3 Å². The number of esters is 1. The Hall–Kier alpha value is -2.21. The van der Waals surface area contributed by atoms with Gasteiger partial charge in [-0.1, -0.05) is 12.1 Å². The highest BCUT2D eigenvalue weighted by molar-refractivity contribution is 7.19. The fraction of sp³-hybridized carbons (Fsp3) is 0.312. The van der Waals surface area contributed by atoms with Gasteiger partial charge in [-0.05, 0) is 39.0 Å². The van der Waals surface area contributed by atoms with Gasteiger partial charge < -0.3 is 10.1 Å². The van der Waals surface area contributed by atoms with Crippen molar-refractivity contribution in [3.63, 3.8) is 0 Å². The first-order valence-electron chi connectivity index (χ1n) is 6.85. The van der Waals surface area contributed by atoms with Crippen molar-refractivity contribution in [2.45, 2.75) is 26.3 Å². The number of ether oxygens (including phenoxy) is 1. The lowest BCUT2D eigenvalue weighted by molar-refractivity contribution is -0.144. The maximum Gasteiger partial charge on any atom is 0.331 e. The van der Waals surface area contributed by atoms with Gasteiger partial charge in [0.05, 0.1) is 10.2 Å². The molecule has 0 spiro atoms. The Bertz CT molecular complexity index is 680. The molecule has 0 unspecified atom stereocenters. The molecule has 0 radical (unpaired) electrons. The van der Waals surface area contributed by atoms with Crippen LogP contribution in [-0.2, 0) is 14.3 Å². The summed E-state index contributed by atoms with van der Waals surface area (Å²) in [5, 5.41) is 3.44. The average Bonchev–Trinajstić information content (AvgIpc) is 2.84. The van der Waals surface area contributed by atoms with E-state index < -0.39 is 5.97 Å². The number of nitrogens with zero attached hydrogens (tertiary/aromatic N) is 1. The van der Waals surface area contributed by atoms with Gasteiger partial charge in [-0.15, -0.1) is 11.3 Å². The Morgan fingerprint density at radius 1 is 1.32 bits per heavy atom. The van der Waals surface area contributed by atoms with E-state index in [4.69, 9.17) is 4.74 Å². The molecule has 0 atom stereocenters. The molecular formula is C16H18N2O3S. The number of thiazole rings is 1. The summed E-state index contributed by atoms with van der Waals surface area (Å²) < 4.78 is 5.94. The molecule has 0 saturated heterocycles. The van der Waals surface area contributed by atoms with Crippen molar-refractivity contribution in [3.05, 3.63) is 35.3 Å². The van der Waals surface area contributed by atoms with E-state index >= 15 is 0 Å². The third-order valence-corrected chi connectivity index (χ3v) is 3.53. The van der Waals surface area contributed by atoms with Crippen LogP contribution < -0.4 is 5.32 Å². The van der Waals surface area contributed by atoms with E-state index in [0.717, 1.165) is 15.2 Å². The van der Waals surface area contributed by atoms with Gasteiger partial charge in [0.15, 0.2) is 6.61 Å². The third-order valence-electron chi connectivity index (χ3n) is 2.53. The van der Waals surface area contributed by atoms with Gasteiger partial charge in [-0.3, -0.25) is 4.79 Å². The summed E-state index contributed by atoms with van der Waals surface area (Å²) in [6, 6.07) is 7.74. The molecule has 0 aliphatic rings. The van der Waals surface area contributed by atoms with E-state index in [1.54, 1.807) is 6.08 Å². The van der Waals surface area contributed by atoms with Crippen LogP contribution in [0.5, 0.6) is 0 Å². The highest BCUT2D eigenvalue weighted by Crippen LogP contribution is 2.22. The molecule has 0 bridgehead atoms. The largest absolute Gasteiger partial charge is 0.452 e. The molecule has 6 heteroatoms. The Kier molecular flexibility index (Phi) is 4.92. The minimum atomic E-state index is -0.566. The van der Waals surface area contributed by atoms with E-state index in [1.807, 2.05) is 45.0 Å². The highest BCUT2D eigenvalue weighted by atomic mass is 32.1. The number of carbonyl (C=O) groups excluding carboxylic acids is 2. The second kappa shape index (κ2) is 6.70. The normalized spacial score (nSPS) is 11.8. The molecule has 1 aromatic heterocycles. The van der Waals surface area contributed by atoms with Crippen molar-refractivity contribution in [1.29, 1.82) is 0 Å². The fourth-order valence-corrected chi connectivity index (χ4v) is 2.61. The van der Waals surface area contributed by atoms with Crippen molar-refractivity contribution in [3.8, 4) is 0 Å². The van der Waals surface area contributed by atoms with Crippen LogP contribution in [0, 0.1) is 0 Å². The van der Waals surface area contributed by atoms with Gasteiger partial charge in [-0.25, -0.2) is 9.78 Å². The minimum absolute atomic E-state index is 0.291. The number of amides is 1. The van der Waals surface area contributed by atoms with Crippen LogP contribution in [-0.4, -0.2) is 29.0 Å². The number of benzene rings is 1. The Labute approximate surface area is 133 Å². The average molecular weight is 318 g/mol. The standard InChI is InChI=1S/C16H18N2O3S/c1-16(2,3)18-13(19)10-21-15(20)9-8-14-17-11-6-4-5-7-12(11)22-14/h4-9H,10H2,1-3H3,(H,18,19)/b9-8+. The Morgan fingerprint density at radius 2 is 2.05 bits per heavy atom. The molecule has 2 aromatic rings. The Balaban J connectivity index is 1.87. The first-order chi connectivity index (χ1) is 10.3. The first-order valence-corrected chi connectivity index (χ1v) is 7.66. The lowest BCUT2D eigenvalue weighted by atomic mass is 10.1. The van der Waals surface area contributed by atoms with Crippen molar-refractivity contribution in [2.75, 3.05) is 6.61 Å². The highest BCUT2D eigenvalue weighted by Gasteiger charge is 2.14. The van der Waals surface area contributed by atoms with Crippen LogP contribution in [0.2, 0.25) is 0 Å². The Morgan fingerprint density at radius 3 is 2.73 bits per heavy atom. The predicted molar refractivity (Wildman–Crippen MR) is 87.5 cm³/mol. The van der Waals surface area contributed by atoms with Gasteiger partial charge >= 0.3 is 5.97 Å². The zero-order valence-corrected chi connectivity index (χ0v) is 13.6. The van der Waals surface area contributed by atoms with Gasteiger partial charge in [0.25, 0.3) is 5.91 Å². The van der Waals surface area contributed by atoms with Crippen LogP contribution in [0.15, 0.2) is 30.3 Å². The maximum absolute atomic E-state index is 11.6. The van der Waals surface area contributed by atoms with E-state index in [9.17, 15) is 9.59 Å². The molecule has 0 saturated carbocycles. The number of nitrogens with one attached hydrogen (secondary N) is 1. The summed E-state index contributed by atoms with van der Waals surface area (Å²) in [5.74, 6) is -0.891. The molecule has 0 aliphatic heterocycles. The van der Waals surface area contributed by atoms with Gasteiger partial charge in [0.1, 0.15) is 5.01 Å². The van der Waals surface area contributed by atoms with Crippen LogP contribution in [0.4, 0.5) is 0 Å². The molecule has 0 aliphatic carbocycles. The molecule has 5 nitrogen and oxygen atoms in total. The quantitative estimate of drug-likeness (QED) is 0.695. The molecule has 1 aromatic carbocycles. The summed E-state index contributed by atoms with van der Waals surface area (Å²) in [6.45, 7) is 5.29. The number of aromatic nitrogens is 1. The zero-order chi connectivity index (χ0) is 16.2. The molecule has 116 valence electrons. The van der Waals surface area contributed by atoms with Crippen LogP contribution in [0.3, 0.4) is 0 Å². The van der Waals surface area contributed by atoms with Gasteiger partial charge in [0.2, 0.25) is 0 Å². The summed E-state index contributed by atoms with van der Waals surface area (Å²) in [4.78, 5) is 27.5. The molecule has 2 rings (SSSR count). The number of para-hydroxylation sites is 1. The molecule has 0 fully saturated rings. The van der Waals surface area contributed by atoms with Crippen molar-refractivity contribution < 1.29 is 14.3 Å². The number of hydrogen-bond donors (Lipinski definition) is 1. The first kappa shape index (κ1) is 16.2. The summed E-state index contributed by atoms with van der Waals surface area (Å²) >= 11 is 1.49. The van der Waals surface area contributed by atoms with Crippen LogP contribution in [0.25, 0.3) is 16.3 Å². The second-order valence-electron chi connectivity index (χ2n) is 5.76. The number of hydrogen-bond acceptors (Lipinski definition) is 5. The number of carbonyl (C=O) groups is 2. The second-order valence-corrected chi connectivity index (χ2v) is 6.82. The van der Waals surface area contributed by atoms with Crippen molar-refractivity contribution in [2.24, 2.45) is 0 Å². The fourth-order valence-electron chi connectivity index (χ4n) is 1.74. The van der Waals surface area contributed by atoms with Crippen molar-refractivity contribution >= 4 is 39.5 Å². The monoisotopic (exact) mass is 318 g/mol. The summed E-state index contributed by atoms with van der Waals surface area (Å²) in [5.41, 5.74) is 0.547. The van der Waals surface area contributed by atoms with Gasteiger partial charge in [-0.2, -0.15) is 0 Å². The lowest BCUT2D eigenvalue weighted by Gasteiger charge is -2.20. The van der Waals surface area contributed by atoms with Crippen LogP contribution >= 0.6 is 11.3 Å². The van der Waals surface area contributed by atoms with E-state index in [-0.39, 0.29) is 18.1 Å². The number of rotatable bonds is 4.